The Hall–Kier alpha value is -0.0400. The second kappa shape index (κ2) is 2.73. The summed E-state index contributed by atoms with van der Waals surface area (Å²) >= 11 is 0. The van der Waals surface area contributed by atoms with Crippen LogP contribution in [0.25, 0.3) is 0 Å². The van der Waals surface area contributed by atoms with Crippen LogP contribution >= 0.6 is 0 Å². The number of rotatable bonds is 2. The quantitative estimate of drug-likeness (QED) is 0.637. The minimum absolute atomic E-state index is 0.452. The van der Waals surface area contributed by atoms with Crippen LogP contribution in [0.4, 0.5) is 0 Å². The van der Waals surface area contributed by atoms with Gasteiger partial charge >= 0.3 is 0 Å². The molecule has 0 amide bonds. The maximum Gasteiger partial charge on any atom is 0.0636 e. The third-order valence-corrected chi connectivity index (χ3v) is 5.08. The lowest BCUT2D eigenvalue weighted by Gasteiger charge is -2.38. The molecule has 2 rings (SSSR count). The first-order valence-corrected chi connectivity index (χ1v) is 5.64. The summed E-state index contributed by atoms with van der Waals surface area (Å²) in [5, 5.41) is 0. The first-order valence-electron chi connectivity index (χ1n) is 5.64. The molecule has 2 saturated carbocycles. The standard InChI is InChI=1S/C12H22O/c1-5-13-10-8-9-6-7-12(10,4)11(9,2)3/h9-10H,5-8H2,1-4H3/t9-,10+,12+/m0/s1. The monoisotopic (exact) mass is 182 g/mol. The third kappa shape index (κ3) is 1.03. The van der Waals surface area contributed by atoms with Crippen molar-refractivity contribution in [1.29, 1.82) is 0 Å². The summed E-state index contributed by atoms with van der Waals surface area (Å²) in [5.41, 5.74) is 0.959. The van der Waals surface area contributed by atoms with Gasteiger partial charge in [-0.3, -0.25) is 0 Å². The molecule has 0 aliphatic heterocycles. The molecular weight excluding hydrogens is 160 g/mol. The van der Waals surface area contributed by atoms with Crippen LogP contribution in [-0.2, 0) is 4.74 Å². The molecule has 0 aromatic carbocycles. The number of ether oxygens (including phenoxy) is 1. The maximum absolute atomic E-state index is 5.88. The van der Waals surface area contributed by atoms with E-state index in [0.29, 0.717) is 16.9 Å². The Bertz CT molecular complexity index is 209. The highest BCUT2D eigenvalue weighted by Gasteiger charge is 2.61. The molecule has 13 heavy (non-hydrogen) atoms. The molecule has 3 atom stereocenters. The largest absolute Gasteiger partial charge is 0.378 e. The Morgan fingerprint density at radius 2 is 2.00 bits per heavy atom. The van der Waals surface area contributed by atoms with Crippen molar-refractivity contribution < 1.29 is 4.74 Å². The van der Waals surface area contributed by atoms with E-state index in [1.807, 2.05) is 0 Å². The normalized spacial score (nSPS) is 47.1. The van der Waals surface area contributed by atoms with E-state index in [1.54, 1.807) is 0 Å². The molecule has 0 radical (unpaired) electrons. The van der Waals surface area contributed by atoms with E-state index in [9.17, 15) is 0 Å². The van der Waals surface area contributed by atoms with E-state index < -0.39 is 0 Å². The van der Waals surface area contributed by atoms with Crippen LogP contribution in [0.1, 0.15) is 47.0 Å². The SMILES string of the molecule is CCO[C@@H]1C[C@@H]2CC[C@@]1(C)C2(C)C. The molecule has 0 N–H and O–H groups in total. The molecule has 2 fully saturated rings. The highest BCUT2D eigenvalue weighted by atomic mass is 16.5. The predicted octanol–water partition coefficient (Wildman–Crippen LogP) is 3.24. The van der Waals surface area contributed by atoms with E-state index in [4.69, 9.17) is 4.74 Å². The highest BCUT2D eigenvalue weighted by molar-refractivity contribution is 5.11. The molecule has 2 bridgehead atoms. The first kappa shape index (κ1) is 9.51. The van der Waals surface area contributed by atoms with Gasteiger partial charge in [0.15, 0.2) is 0 Å². The van der Waals surface area contributed by atoms with Gasteiger partial charge in [-0.1, -0.05) is 20.8 Å². The van der Waals surface area contributed by atoms with E-state index in [2.05, 4.69) is 27.7 Å². The van der Waals surface area contributed by atoms with E-state index in [0.717, 1.165) is 12.5 Å². The zero-order valence-corrected chi connectivity index (χ0v) is 9.39. The zero-order valence-electron chi connectivity index (χ0n) is 9.39. The molecule has 0 aromatic heterocycles. The second-order valence-corrected chi connectivity index (χ2v) is 5.55. The van der Waals surface area contributed by atoms with Crippen molar-refractivity contribution in [3.63, 3.8) is 0 Å². The lowest BCUT2D eigenvalue weighted by Crippen LogP contribution is -2.37. The van der Waals surface area contributed by atoms with Gasteiger partial charge in [0.05, 0.1) is 6.10 Å². The van der Waals surface area contributed by atoms with Crippen molar-refractivity contribution in [2.75, 3.05) is 6.61 Å². The zero-order chi connectivity index (χ0) is 9.69. The summed E-state index contributed by atoms with van der Waals surface area (Å²) in [7, 11) is 0. The Morgan fingerprint density at radius 3 is 2.38 bits per heavy atom. The van der Waals surface area contributed by atoms with Gasteiger partial charge in [0.25, 0.3) is 0 Å². The molecule has 0 aromatic rings. The summed E-state index contributed by atoms with van der Waals surface area (Å²) < 4.78 is 5.88. The fourth-order valence-corrected chi connectivity index (χ4v) is 3.58. The van der Waals surface area contributed by atoms with Gasteiger partial charge in [0.2, 0.25) is 0 Å². The van der Waals surface area contributed by atoms with Gasteiger partial charge in [-0.05, 0) is 42.9 Å². The van der Waals surface area contributed by atoms with Crippen LogP contribution in [0.5, 0.6) is 0 Å². The van der Waals surface area contributed by atoms with Crippen molar-refractivity contribution in [3.05, 3.63) is 0 Å². The van der Waals surface area contributed by atoms with Crippen molar-refractivity contribution in [2.24, 2.45) is 16.7 Å². The van der Waals surface area contributed by atoms with Gasteiger partial charge in [-0.2, -0.15) is 0 Å². The molecule has 2 aliphatic carbocycles. The van der Waals surface area contributed by atoms with E-state index in [1.165, 1.54) is 19.3 Å². The minimum atomic E-state index is 0.452. The number of hydrogen-bond acceptors (Lipinski definition) is 1. The van der Waals surface area contributed by atoms with Crippen LogP contribution in [0, 0.1) is 16.7 Å². The topological polar surface area (TPSA) is 9.23 Å². The Morgan fingerprint density at radius 1 is 1.31 bits per heavy atom. The van der Waals surface area contributed by atoms with Crippen LogP contribution in [-0.4, -0.2) is 12.7 Å². The van der Waals surface area contributed by atoms with Crippen molar-refractivity contribution in [2.45, 2.75) is 53.1 Å². The summed E-state index contributed by atoms with van der Waals surface area (Å²) in [4.78, 5) is 0. The van der Waals surface area contributed by atoms with Crippen LogP contribution in [0.15, 0.2) is 0 Å². The number of fused-ring (bicyclic) bond motifs is 2. The van der Waals surface area contributed by atoms with Crippen molar-refractivity contribution in [3.8, 4) is 0 Å². The van der Waals surface area contributed by atoms with Crippen molar-refractivity contribution >= 4 is 0 Å². The molecule has 1 heteroatoms. The summed E-state index contributed by atoms with van der Waals surface area (Å²) in [5.74, 6) is 0.911. The second-order valence-electron chi connectivity index (χ2n) is 5.55. The van der Waals surface area contributed by atoms with Crippen molar-refractivity contribution in [1.82, 2.24) is 0 Å². The van der Waals surface area contributed by atoms with Gasteiger partial charge in [-0.15, -0.1) is 0 Å². The first-order chi connectivity index (χ1) is 6.02. The highest BCUT2D eigenvalue weighted by Crippen LogP contribution is 2.66. The predicted molar refractivity (Wildman–Crippen MR) is 54.6 cm³/mol. The molecular formula is C12H22O. The molecule has 0 saturated heterocycles. The van der Waals surface area contributed by atoms with Gasteiger partial charge in [0.1, 0.15) is 0 Å². The van der Waals surface area contributed by atoms with Crippen LogP contribution < -0.4 is 0 Å². The van der Waals surface area contributed by atoms with Gasteiger partial charge in [-0.25, -0.2) is 0 Å². The van der Waals surface area contributed by atoms with Crippen LogP contribution in [0.2, 0.25) is 0 Å². The van der Waals surface area contributed by atoms with Gasteiger partial charge < -0.3 is 4.74 Å². The fourth-order valence-electron chi connectivity index (χ4n) is 3.58. The smallest absolute Gasteiger partial charge is 0.0636 e. The summed E-state index contributed by atoms with van der Waals surface area (Å²) in [6.45, 7) is 10.3. The Balaban J connectivity index is 2.22. The molecule has 0 spiro atoms. The molecule has 2 aliphatic rings. The third-order valence-electron chi connectivity index (χ3n) is 5.08. The Labute approximate surface area is 81.9 Å². The molecule has 0 heterocycles. The summed E-state index contributed by atoms with van der Waals surface area (Å²) in [6, 6.07) is 0. The average Bonchev–Trinajstić information content (AvgIpc) is 2.37. The average molecular weight is 182 g/mol. The molecule has 0 unspecified atom stereocenters. The number of hydrogen-bond donors (Lipinski definition) is 0. The summed E-state index contributed by atoms with van der Waals surface area (Å²) in [6.07, 6.45) is 4.63. The van der Waals surface area contributed by atoms with E-state index >= 15 is 0 Å². The van der Waals surface area contributed by atoms with E-state index in [-0.39, 0.29) is 0 Å². The maximum atomic E-state index is 5.88. The molecule has 76 valence electrons. The van der Waals surface area contributed by atoms with Gasteiger partial charge in [0, 0.05) is 6.61 Å². The Kier molecular flexibility index (Phi) is 1.99. The fraction of sp³-hybridized carbons (Fsp3) is 1.00. The molecule has 1 nitrogen and oxygen atoms in total. The lowest BCUT2D eigenvalue weighted by atomic mass is 9.70. The lowest BCUT2D eigenvalue weighted by molar-refractivity contribution is -0.0413. The van der Waals surface area contributed by atoms with Crippen LogP contribution in [0.3, 0.4) is 0 Å². The minimum Gasteiger partial charge on any atom is -0.378 e.